The van der Waals surface area contributed by atoms with E-state index in [0.717, 1.165) is 0 Å². The lowest BCUT2D eigenvalue weighted by atomic mass is 10.3. The molecule has 0 aliphatic heterocycles. The van der Waals surface area contributed by atoms with E-state index in [1.807, 2.05) is 6.07 Å². The van der Waals surface area contributed by atoms with Gasteiger partial charge in [0.2, 0.25) is 0 Å². The summed E-state index contributed by atoms with van der Waals surface area (Å²) >= 11 is 0. The predicted molar refractivity (Wildman–Crippen MR) is 57.9 cm³/mol. The molecule has 84 valence electrons. The Morgan fingerprint density at radius 1 is 1.47 bits per heavy atom. The van der Waals surface area contributed by atoms with Crippen LogP contribution in [0.5, 0.6) is 0 Å². The van der Waals surface area contributed by atoms with Crippen LogP contribution in [-0.2, 0) is 7.05 Å². The van der Waals surface area contributed by atoms with Crippen molar-refractivity contribution in [3.8, 4) is 6.07 Å². The number of anilines is 1. The van der Waals surface area contributed by atoms with Crippen molar-refractivity contribution in [1.82, 2.24) is 20.0 Å². The lowest BCUT2D eigenvalue weighted by Gasteiger charge is -2.05. The van der Waals surface area contributed by atoms with E-state index in [-0.39, 0.29) is 5.91 Å². The van der Waals surface area contributed by atoms with Crippen molar-refractivity contribution in [2.75, 3.05) is 5.32 Å². The summed E-state index contributed by atoms with van der Waals surface area (Å²) in [4.78, 5) is 11.8. The van der Waals surface area contributed by atoms with E-state index >= 15 is 0 Å². The maximum absolute atomic E-state index is 11.8. The Morgan fingerprint density at radius 2 is 2.29 bits per heavy atom. The van der Waals surface area contributed by atoms with Gasteiger partial charge in [-0.25, -0.2) is 0 Å². The van der Waals surface area contributed by atoms with Gasteiger partial charge < -0.3 is 5.32 Å². The largest absolute Gasteiger partial charge is 0.306 e. The number of nitrogens with one attached hydrogen (secondary N) is 1. The van der Waals surface area contributed by atoms with Crippen LogP contribution in [0.3, 0.4) is 0 Å². The summed E-state index contributed by atoms with van der Waals surface area (Å²) in [5.74, 6) is -0.00527. The monoisotopic (exact) mass is 228 g/mol. The zero-order chi connectivity index (χ0) is 12.3. The molecule has 0 unspecified atom stereocenters. The van der Waals surface area contributed by atoms with E-state index in [0.29, 0.717) is 16.9 Å². The topological polar surface area (TPSA) is 96.5 Å². The Labute approximate surface area is 96.7 Å². The van der Waals surface area contributed by atoms with Gasteiger partial charge in [0, 0.05) is 7.05 Å². The fourth-order valence-corrected chi connectivity index (χ4v) is 1.27. The van der Waals surface area contributed by atoms with Gasteiger partial charge in [-0.3, -0.25) is 9.48 Å². The Balaban J connectivity index is 2.25. The molecule has 2 rings (SSSR count). The van der Waals surface area contributed by atoms with Gasteiger partial charge in [0.15, 0.2) is 0 Å². The van der Waals surface area contributed by atoms with Crippen LogP contribution < -0.4 is 5.32 Å². The molecule has 0 bridgehead atoms. The average molecular weight is 228 g/mol. The van der Waals surface area contributed by atoms with E-state index in [1.54, 1.807) is 7.05 Å². The minimum atomic E-state index is -0.361. The summed E-state index contributed by atoms with van der Waals surface area (Å²) in [5, 5.41) is 22.5. The van der Waals surface area contributed by atoms with Gasteiger partial charge in [-0.2, -0.15) is 20.6 Å². The predicted octanol–water partition coefficient (Wildman–Crippen LogP) is 0.334. The Hall–Kier alpha value is -2.75. The summed E-state index contributed by atoms with van der Waals surface area (Å²) in [5.41, 5.74) is 0.674. The third-order valence-electron chi connectivity index (χ3n) is 2.14. The summed E-state index contributed by atoms with van der Waals surface area (Å²) in [6.45, 7) is 0. The highest BCUT2D eigenvalue weighted by atomic mass is 16.1. The number of rotatable bonds is 2. The number of aryl methyl sites for hydroxylation is 1. The van der Waals surface area contributed by atoms with Crippen molar-refractivity contribution in [2.45, 2.75) is 0 Å². The average Bonchev–Trinajstić information content (AvgIpc) is 2.71. The molecule has 0 fully saturated rings. The van der Waals surface area contributed by atoms with E-state index in [2.05, 4.69) is 20.6 Å². The molecule has 0 aliphatic carbocycles. The molecule has 0 aliphatic rings. The van der Waals surface area contributed by atoms with Crippen LogP contribution in [0, 0.1) is 11.3 Å². The van der Waals surface area contributed by atoms with Crippen LogP contribution in [0.15, 0.2) is 24.7 Å². The van der Waals surface area contributed by atoms with Gasteiger partial charge in [-0.1, -0.05) is 0 Å². The number of aromatic nitrogens is 4. The van der Waals surface area contributed by atoms with Gasteiger partial charge in [-0.05, 0) is 6.07 Å². The number of carbonyl (C=O) groups excluding carboxylic acids is 1. The lowest BCUT2D eigenvalue weighted by Crippen LogP contribution is -2.15. The summed E-state index contributed by atoms with van der Waals surface area (Å²) < 4.78 is 1.42. The highest BCUT2D eigenvalue weighted by Gasteiger charge is 2.12. The van der Waals surface area contributed by atoms with Gasteiger partial charge in [0.1, 0.15) is 17.5 Å². The first-order valence-corrected chi connectivity index (χ1v) is 4.72. The summed E-state index contributed by atoms with van der Waals surface area (Å²) in [6.07, 6.45) is 4.15. The molecular weight excluding hydrogens is 220 g/mol. The molecule has 17 heavy (non-hydrogen) atoms. The third kappa shape index (κ3) is 2.10. The van der Waals surface area contributed by atoms with Crippen molar-refractivity contribution in [3.63, 3.8) is 0 Å². The zero-order valence-electron chi connectivity index (χ0n) is 8.95. The molecule has 0 aromatic carbocycles. The summed E-state index contributed by atoms with van der Waals surface area (Å²) in [7, 11) is 1.64. The molecule has 0 radical (unpaired) electrons. The number of nitriles is 1. The minimum absolute atomic E-state index is 0.308. The fraction of sp³-hybridized carbons (Fsp3) is 0.100. The molecule has 2 aromatic heterocycles. The molecule has 7 heteroatoms. The van der Waals surface area contributed by atoms with Crippen molar-refractivity contribution in [3.05, 3.63) is 35.8 Å². The second-order valence-electron chi connectivity index (χ2n) is 3.23. The molecule has 0 saturated carbocycles. The second-order valence-corrected chi connectivity index (χ2v) is 3.23. The number of carbonyl (C=O) groups is 1. The lowest BCUT2D eigenvalue weighted by molar-refractivity contribution is 0.102. The van der Waals surface area contributed by atoms with Crippen LogP contribution in [0.2, 0.25) is 0 Å². The van der Waals surface area contributed by atoms with Crippen LogP contribution in [-0.4, -0.2) is 25.9 Å². The SMILES string of the molecule is Cn1ncc(C#N)c1NC(=O)c1ccnnc1. The van der Waals surface area contributed by atoms with Crippen LogP contribution in [0.4, 0.5) is 5.82 Å². The molecule has 2 aromatic rings. The van der Waals surface area contributed by atoms with Crippen molar-refractivity contribution in [2.24, 2.45) is 7.05 Å². The minimum Gasteiger partial charge on any atom is -0.306 e. The first-order chi connectivity index (χ1) is 8.22. The molecule has 2 heterocycles. The van der Waals surface area contributed by atoms with Crippen LogP contribution in [0.1, 0.15) is 15.9 Å². The number of nitrogens with zero attached hydrogens (tertiary/aromatic N) is 5. The highest BCUT2D eigenvalue weighted by molar-refractivity contribution is 6.04. The Bertz CT molecular complexity index is 583. The van der Waals surface area contributed by atoms with Gasteiger partial charge in [-0.15, -0.1) is 0 Å². The molecule has 0 atom stereocenters. The molecule has 1 N–H and O–H groups in total. The van der Waals surface area contributed by atoms with Gasteiger partial charge in [0.05, 0.1) is 24.2 Å². The van der Waals surface area contributed by atoms with Crippen LogP contribution >= 0.6 is 0 Å². The molecule has 1 amide bonds. The van der Waals surface area contributed by atoms with E-state index in [1.165, 1.54) is 29.3 Å². The van der Waals surface area contributed by atoms with Crippen molar-refractivity contribution >= 4 is 11.7 Å². The normalized spacial score (nSPS) is 9.65. The van der Waals surface area contributed by atoms with E-state index in [9.17, 15) is 4.79 Å². The maximum Gasteiger partial charge on any atom is 0.258 e. The van der Waals surface area contributed by atoms with E-state index in [4.69, 9.17) is 5.26 Å². The van der Waals surface area contributed by atoms with E-state index < -0.39 is 0 Å². The first kappa shape index (κ1) is 10.8. The van der Waals surface area contributed by atoms with Gasteiger partial charge in [0.25, 0.3) is 5.91 Å². The smallest absolute Gasteiger partial charge is 0.258 e. The number of hydrogen-bond acceptors (Lipinski definition) is 5. The maximum atomic E-state index is 11.8. The second kappa shape index (κ2) is 4.40. The van der Waals surface area contributed by atoms with Crippen molar-refractivity contribution in [1.29, 1.82) is 5.26 Å². The fourth-order valence-electron chi connectivity index (χ4n) is 1.27. The Morgan fingerprint density at radius 3 is 2.94 bits per heavy atom. The number of amides is 1. The molecule has 0 spiro atoms. The first-order valence-electron chi connectivity index (χ1n) is 4.72. The quantitative estimate of drug-likeness (QED) is 0.799. The van der Waals surface area contributed by atoms with Crippen molar-refractivity contribution < 1.29 is 4.79 Å². The number of hydrogen-bond donors (Lipinski definition) is 1. The standard InChI is InChI=1S/C10H8N6O/c1-16-9(8(4-11)6-14-16)15-10(17)7-2-3-12-13-5-7/h2-3,5-6H,1H3,(H,15,17). The highest BCUT2D eigenvalue weighted by Crippen LogP contribution is 2.13. The molecule has 0 saturated heterocycles. The molecular formula is C10H8N6O. The summed E-state index contributed by atoms with van der Waals surface area (Å²) in [6, 6.07) is 3.48. The van der Waals surface area contributed by atoms with Crippen LogP contribution in [0.25, 0.3) is 0 Å². The third-order valence-corrected chi connectivity index (χ3v) is 2.14. The van der Waals surface area contributed by atoms with Gasteiger partial charge >= 0.3 is 0 Å². The molecule has 7 nitrogen and oxygen atoms in total. The Kier molecular flexibility index (Phi) is 2.79. The zero-order valence-corrected chi connectivity index (χ0v) is 8.95.